The van der Waals surface area contributed by atoms with E-state index in [9.17, 15) is 0 Å². The lowest BCUT2D eigenvalue weighted by molar-refractivity contribution is 0.122. The van der Waals surface area contributed by atoms with Gasteiger partial charge in [0.1, 0.15) is 11.3 Å². The molecule has 0 aliphatic carbocycles. The number of ether oxygens (including phenoxy) is 1. The standard InChI is InChI=1S/C32H38N6O/c1-23-10-11-33-27-22-28-26(21-25(23)27)31-30(32(34-28)37-16-18-39-19-17-37)35-29(20-24-8-4-2-5-9-24)38(31)15-14-36-12-6-3-7-13-36/h2,4-5,8-11,21-23,33H,3,6-7,12-20H2,1H3. The zero-order chi connectivity index (χ0) is 26.2. The fraction of sp³-hybridized carbons (Fsp3) is 0.438. The SMILES string of the molecule is CC1C=CNc2cc3nc(N4CCOCC4)c4nc(Cc5ccccc5)n(CCN5CCCCC5)c4c3cc21. The van der Waals surface area contributed by atoms with Crippen LogP contribution in [0.2, 0.25) is 0 Å². The third kappa shape index (κ3) is 4.79. The van der Waals surface area contributed by atoms with Crippen molar-refractivity contribution in [3.8, 4) is 0 Å². The van der Waals surface area contributed by atoms with Crippen molar-refractivity contribution in [1.29, 1.82) is 0 Å². The molecule has 0 radical (unpaired) electrons. The maximum atomic E-state index is 5.70. The summed E-state index contributed by atoms with van der Waals surface area (Å²) in [6.07, 6.45) is 9.07. The maximum absolute atomic E-state index is 5.70. The molecule has 7 nitrogen and oxygen atoms in total. The van der Waals surface area contributed by atoms with E-state index in [2.05, 4.69) is 81.3 Å². The van der Waals surface area contributed by atoms with Crippen molar-refractivity contribution in [2.75, 3.05) is 56.2 Å². The number of allylic oxidation sites excluding steroid dienone is 1. The van der Waals surface area contributed by atoms with Gasteiger partial charge in [-0.15, -0.1) is 0 Å². The Balaban J connectivity index is 1.43. The van der Waals surface area contributed by atoms with E-state index in [1.165, 1.54) is 54.4 Å². The molecule has 5 heterocycles. The molecule has 7 heteroatoms. The second-order valence-electron chi connectivity index (χ2n) is 11.2. The van der Waals surface area contributed by atoms with Crippen LogP contribution in [0.1, 0.15) is 49.1 Å². The number of benzene rings is 2. The lowest BCUT2D eigenvalue weighted by Gasteiger charge is -2.29. The van der Waals surface area contributed by atoms with Gasteiger partial charge in [0.15, 0.2) is 5.82 Å². The molecule has 2 aromatic heterocycles. The zero-order valence-electron chi connectivity index (χ0n) is 22.9. The summed E-state index contributed by atoms with van der Waals surface area (Å²) in [7, 11) is 0. The van der Waals surface area contributed by atoms with Gasteiger partial charge in [-0.05, 0) is 55.4 Å². The summed E-state index contributed by atoms with van der Waals surface area (Å²) >= 11 is 0. The molecule has 0 bridgehead atoms. The van der Waals surface area contributed by atoms with E-state index in [-0.39, 0.29) is 0 Å². The topological polar surface area (TPSA) is 58.5 Å². The molecule has 1 N–H and O–H groups in total. The number of hydrogen-bond donors (Lipinski definition) is 1. The number of pyridine rings is 1. The first kappa shape index (κ1) is 24.6. The minimum absolute atomic E-state index is 0.355. The Kier molecular flexibility index (Phi) is 6.70. The molecule has 0 spiro atoms. The summed E-state index contributed by atoms with van der Waals surface area (Å²) in [5.74, 6) is 2.47. The van der Waals surface area contributed by atoms with Crippen LogP contribution in [0.15, 0.2) is 54.7 Å². The molecule has 0 amide bonds. The number of aromatic nitrogens is 3. The Labute approximate surface area is 230 Å². The van der Waals surface area contributed by atoms with Gasteiger partial charge in [-0.1, -0.05) is 49.8 Å². The van der Waals surface area contributed by atoms with Crippen molar-refractivity contribution in [1.82, 2.24) is 19.4 Å². The number of piperidine rings is 1. The Morgan fingerprint density at radius 2 is 1.77 bits per heavy atom. The van der Waals surface area contributed by atoms with Crippen molar-refractivity contribution in [3.05, 3.63) is 71.7 Å². The number of rotatable bonds is 6. The molecular weight excluding hydrogens is 484 g/mol. The van der Waals surface area contributed by atoms with E-state index in [0.717, 1.165) is 74.2 Å². The van der Waals surface area contributed by atoms with Crippen molar-refractivity contribution in [2.24, 2.45) is 0 Å². The van der Waals surface area contributed by atoms with Gasteiger partial charge < -0.3 is 24.4 Å². The monoisotopic (exact) mass is 522 g/mol. The third-order valence-electron chi connectivity index (χ3n) is 8.63. The maximum Gasteiger partial charge on any atom is 0.157 e. The molecule has 4 aromatic rings. The number of imidazole rings is 1. The number of morpholine rings is 1. The van der Waals surface area contributed by atoms with E-state index in [1.54, 1.807) is 0 Å². The number of likely N-dealkylation sites (tertiary alicyclic amines) is 1. The van der Waals surface area contributed by atoms with Gasteiger partial charge in [0.2, 0.25) is 0 Å². The van der Waals surface area contributed by atoms with Crippen LogP contribution >= 0.6 is 0 Å². The van der Waals surface area contributed by atoms with Gasteiger partial charge in [0, 0.05) is 49.6 Å². The summed E-state index contributed by atoms with van der Waals surface area (Å²) in [6.45, 7) is 9.78. The van der Waals surface area contributed by atoms with Crippen LogP contribution in [0.25, 0.3) is 21.9 Å². The summed E-state index contributed by atoms with van der Waals surface area (Å²) < 4.78 is 8.22. The molecule has 1 unspecified atom stereocenters. The van der Waals surface area contributed by atoms with Crippen LogP contribution in [-0.2, 0) is 17.7 Å². The van der Waals surface area contributed by atoms with Gasteiger partial charge >= 0.3 is 0 Å². The highest BCUT2D eigenvalue weighted by Crippen LogP contribution is 2.38. The molecule has 2 saturated heterocycles. The highest BCUT2D eigenvalue weighted by atomic mass is 16.5. The normalized spacial score (nSPS) is 19.9. The first-order chi connectivity index (χ1) is 19.2. The average molecular weight is 523 g/mol. The molecule has 3 aliphatic heterocycles. The lowest BCUT2D eigenvalue weighted by Crippen LogP contribution is -2.37. The fourth-order valence-electron chi connectivity index (χ4n) is 6.44. The number of nitrogens with zero attached hydrogens (tertiary/aromatic N) is 5. The first-order valence-electron chi connectivity index (χ1n) is 14.6. The summed E-state index contributed by atoms with van der Waals surface area (Å²) in [5.41, 5.74) is 7.05. The van der Waals surface area contributed by atoms with Gasteiger partial charge in [-0.25, -0.2) is 9.97 Å². The Morgan fingerprint density at radius 1 is 0.949 bits per heavy atom. The second-order valence-corrected chi connectivity index (χ2v) is 11.2. The van der Waals surface area contributed by atoms with Crippen LogP contribution in [0.4, 0.5) is 11.5 Å². The van der Waals surface area contributed by atoms with Crippen molar-refractivity contribution in [2.45, 2.75) is 45.1 Å². The third-order valence-corrected chi connectivity index (χ3v) is 8.63. The molecular formula is C32H38N6O. The van der Waals surface area contributed by atoms with Gasteiger partial charge in [0.05, 0.1) is 24.2 Å². The first-order valence-corrected chi connectivity index (χ1v) is 14.6. The van der Waals surface area contributed by atoms with Gasteiger partial charge in [-0.2, -0.15) is 0 Å². The highest BCUT2D eigenvalue weighted by molar-refractivity contribution is 6.08. The predicted molar refractivity (Wildman–Crippen MR) is 159 cm³/mol. The average Bonchev–Trinajstić information content (AvgIpc) is 3.34. The minimum Gasteiger partial charge on any atom is -0.378 e. The fourth-order valence-corrected chi connectivity index (χ4v) is 6.44. The zero-order valence-corrected chi connectivity index (χ0v) is 22.9. The van der Waals surface area contributed by atoms with Gasteiger partial charge in [-0.3, -0.25) is 0 Å². The van der Waals surface area contributed by atoms with Crippen LogP contribution in [-0.4, -0.2) is 65.4 Å². The molecule has 2 aromatic carbocycles. The second kappa shape index (κ2) is 10.6. The summed E-state index contributed by atoms with van der Waals surface area (Å²) in [4.78, 5) is 15.7. The van der Waals surface area contributed by atoms with Gasteiger partial charge in [0.25, 0.3) is 0 Å². The Morgan fingerprint density at radius 3 is 2.59 bits per heavy atom. The number of anilines is 2. The molecule has 202 valence electrons. The molecule has 1 atom stereocenters. The minimum atomic E-state index is 0.355. The summed E-state index contributed by atoms with van der Waals surface area (Å²) in [5, 5.41) is 4.67. The molecule has 0 saturated carbocycles. The van der Waals surface area contributed by atoms with E-state index in [0.29, 0.717) is 5.92 Å². The lowest BCUT2D eigenvalue weighted by atomic mass is 9.94. The van der Waals surface area contributed by atoms with E-state index < -0.39 is 0 Å². The molecule has 39 heavy (non-hydrogen) atoms. The molecule has 2 fully saturated rings. The molecule has 7 rings (SSSR count). The Hall–Kier alpha value is -3.42. The summed E-state index contributed by atoms with van der Waals surface area (Å²) in [6, 6.07) is 15.4. The predicted octanol–water partition coefficient (Wildman–Crippen LogP) is 5.54. The van der Waals surface area contributed by atoms with Crippen LogP contribution in [0.5, 0.6) is 0 Å². The highest BCUT2D eigenvalue weighted by Gasteiger charge is 2.25. The smallest absolute Gasteiger partial charge is 0.157 e. The quantitative estimate of drug-likeness (QED) is 0.359. The number of fused-ring (bicyclic) bond motifs is 4. The van der Waals surface area contributed by atoms with E-state index in [4.69, 9.17) is 14.7 Å². The van der Waals surface area contributed by atoms with Crippen molar-refractivity contribution < 1.29 is 4.74 Å². The molecule has 3 aliphatic rings. The number of nitrogens with one attached hydrogen (secondary N) is 1. The number of hydrogen-bond acceptors (Lipinski definition) is 6. The van der Waals surface area contributed by atoms with E-state index in [1.807, 2.05) is 0 Å². The largest absolute Gasteiger partial charge is 0.378 e. The van der Waals surface area contributed by atoms with Crippen LogP contribution < -0.4 is 10.2 Å². The Bertz CT molecular complexity index is 1500. The van der Waals surface area contributed by atoms with Crippen molar-refractivity contribution >= 4 is 33.4 Å². The van der Waals surface area contributed by atoms with Crippen LogP contribution in [0, 0.1) is 0 Å². The van der Waals surface area contributed by atoms with Crippen molar-refractivity contribution in [3.63, 3.8) is 0 Å². The van der Waals surface area contributed by atoms with Crippen LogP contribution in [0.3, 0.4) is 0 Å². The van der Waals surface area contributed by atoms with E-state index >= 15 is 0 Å².